The molecule has 0 unspecified atom stereocenters. The number of likely N-dealkylation sites (tertiary alicyclic amines) is 1. The molecule has 3 fully saturated rings. The van der Waals surface area contributed by atoms with E-state index in [0.717, 1.165) is 71.8 Å². The van der Waals surface area contributed by atoms with Crippen molar-refractivity contribution in [1.29, 1.82) is 0 Å². The Morgan fingerprint density at radius 1 is 1.05 bits per heavy atom. The third kappa shape index (κ3) is 3.73. The van der Waals surface area contributed by atoms with E-state index >= 15 is 0 Å². The van der Waals surface area contributed by atoms with Crippen molar-refractivity contribution in [3.63, 3.8) is 0 Å². The minimum absolute atomic E-state index is 0. The second-order valence-electron chi connectivity index (χ2n) is 12.0. The van der Waals surface area contributed by atoms with Crippen molar-refractivity contribution in [2.45, 2.75) is 62.7 Å². The lowest BCUT2D eigenvalue weighted by atomic mass is 9.51. The summed E-state index contributed by atoms with van der Waals surface area (Å²) in [7, 11) is 0. The molecule has 39 heavy (non-hydrogen) atoms. The molecular formula is C33H34ClNO4. The fourth-order valence-corrected chi connectivity index (χ4v) is 8.15. The summed E-state index contributed by atoms with van der Waals surface area (Å²) in [5.74, 6) is 2.79. The number of Topliss-reactive ketones (excluding diaryl/α,β-unsaturated/α-hetero) is 1. The Kier molecular flexibility index (Phi) is 5.94. The molecule has 3 aliphatic carbocycles. The number of piperidine rings is 1. The molecule has 2 bridgehead atoms. The van der Waals surface area contributed by atoms with E-state index in [2.05, 4.69) is 47.4 Å². The summed E-state index contributed by atoms with van der Waals surface area (Å²) in [6, 6.07) is 20.9. The first-order chi connectivity index (χ1) is 18.6. The second-order valence-corrected chi connectivity index (χ2v) is 12.0. The first-order valence-electron chi connectivity index (χ1n) is 14.2. The molecule has 1 N–H and O–H groups in total. The van der Waals surface area contributed by atoms with Crippen molar-refractivity contribution in [3.05, 3.63) is 77.4 Å². The number of aromatic hydroxyl groups is 1. The van der Waals surface area contributed by atoms with E-state index in [4.69, 9.17) is 9.47 Å². The molecule has 0 amide bonds. The first kappa shape index (κ1) is 25.0. The SMILES string of the molecule is Cl.O=C1CC[C@H]2[C@H]3Cc4c(OCc5ccccc5-c5ccccc5)cc(O)c5c4[C@@]2(CCN3CC2CC2)[C@H]1O5. The second kappa shape index (κ2) is 9.28. The topological polar surface area (TPSA) is 59.0 Å². The van der Waals surface area contributed by atoms with Crippen LogP contribution >= 0.6 is 12.4 Å². The van der Waals surface area contributed by atoms with E-state index in [1.54, 1.807) is 6.07 Å². The Morgan fingerprint density at radius 3 is 2.67 bits per heavy atom. The van der Waals surface area contributed by atoms with E-state index < -0.39 is 6.10 Å². The van der Waals surface area contributed by atoms with Gasteiger partial charge in [0.25, 0.3) is 0 Å². The molecule has 2 saturated carbocycles. The monoisotopic (exact) mass is 543 g/mol. The summed E-state index contributed by atoms with van der Waals surface area (Å²) < 4.78 is 13.0. The smallest absolute Gasteiger partial charge is 0.174 e. The van der Waals surface area contributed by atoms with E-state index in [-0.39, 0.29) is 29.4 Å². The number of benzene rings is 3. The average Bonchev–Trinajstić information content (AvgIpc) is 3.69. The molecule has 8 rings (SSSR count). The van der Waals surface area contributed by atoms with E-state index in [1.807, 2.05) is 12.1 Å². The molecule has 0 aromatic heterocycles. The third-order valence-corrected chi connectivity index (χ3v) is 9.99. The third-order valence-electron chi connectivity index (χ3n) is 9.99. The van der Waals surface area contributed by atoms with Crippen LogP contribution in [0.4, 0.5) is 0 Å². The minimum atomic E-state index is -0.471. The molecule has 2 aliphatic heterocycles. The number of carbonyl (C=O) groups excluding carboxylic acids is 1. The molecule has 5 nitrogen and oxygen atoms in total. The predicted octanol–water partition coefficient (Wildman–Crippen LogP) is 6.08. The van der Waals surface area contributed by atoms with Gasteiger partial charge in [0, 0.05) is 41.6 Å². The van der Waals surface area contributed by atoms with Crippen LogP contribution in [-0.4, -0.2) is 41.0 Å². The number of carbonyl (C=O) groups is 1. The van der Waals surface area contributed by atoms with Crippen LogP contribution in [0.15, 0.2) is 60.7 Å². The van der Waals surface area contributed by atoms with Crippen molar-refractivity contribution in [1.82, 2.24) is 4.90 Å². The molecule has 1 spiro atoms. The fourth-order valence-electron chi connectivity index (χ4n) is 8.15. The highest BCUT2D eigenvalue weighted by atomic mass is 35.5. The zero-order valence-electron chi connectivity index (χ0n) is 22.0. The van der Waals surface area contributed by atoms with Crippen LogP contribution in [0.25, 0.3) is 11.1 Å². The maximum Gasteiger partial charge on any atom is 0.174 e. The van der Waals surface area contributed by atoms with Gasteiger partial charge in [-0.1, -0.05) is 54.6 Å². The van der Waals surface area contributed by atoms with Crippen LogP contribution in [0.1, 0.15) is 48.8 Å². The lowest BCUT2D eigenvalue weighted by Crippen LogP contribution is -2.66. The number of halogens is 1. The maximum absolute atomic E-state index is 13.2. The molecule has 202 valence electrons. The summed E-state index contributed by atoms with van der Waals surface area (Å²) in [5.41, 5.74) is 5.31. The zero-order valence-corrected chi connectivity index (χ0v) is 22.8. The summed E-state index contributed by atoms with van der Waals surface area (Å²) >= 11 is 0. The van der Waals surface area contributed by atoms with Crippen LogP contribution in [0, 0.1) is 11.8 Å². The van der Waals surface area contributed by atoms with Crippen LogP contribution in [0.2, 0.25) is 0 Å². The Bertz CT molecular complexity index is 1440. The molecule has 5 aliphatic rings. The lowest BCUT2D eigenvalue weighted by Gasteiger charge is -2.57. The summed E-state index contributed by atoms with van der Waals surface area (Å²) in [5, 5.41) is 11.2. The largest absolute Gasteiger partial charge is 0.504 e. The van der Waals surface area contributed by atoms with Gasteiger partial charge in [-0.3, -0.25) is 9.69 Å². The number of hydrogen-bond donors (Lipinski definition) is 1. The Balaban J connectivity index is 0.00000253. The van der Waals surface area contributed by atoms with Crippen LogP contribution in [0.5, 0.6) is 17.2 Å². The molecule has 3 aromatic rings. The fraction of sp³-hybridized carbons (Fsp3) is 0.424. The summed E-state index contributed by atoms with van der Waals surface area (Å²) in [6.45, 7) is 2.57. The molecule has 1 saturated heterocycles. The van der Waals surface area contributed by atoms with Crippen LogP contribution in [0.3, 0.4) is 0 Å². The highest BCUT2D eigenvalue weighted by Crippen LogP contribution is 2.64. The number of nitrogens with zero attached hydrogens (tertiary/aromatic N) is 1. The van der Waals surface area contributed by atoms with Gasteiger partial charge < -0.3 is 14.6 Å². The quantitative estimate of drug-likeness (QED) is 0.408. The van der Waals surface area contributed by atoms with E-state index in [1.165, 1.54) is 12.8 Å². The van der Waals surface area contributed by atoms with Gasteiger partial charge in [-0.25, -0.2) is 0 Å². The van der Waals surface area contributed by atoms with Crippen molar-refractivity contribution < 1.29 is 19.4 Å². The average molecular weight is 544 g/mol. The van der Waals surface area contributed by atoms with Crippen LogP contribution < -0.4 is 9.47 Å². The maximum atomic E-state index is 13.2. The minimum Gasteiger partial charge on any atom is -0.504 e. The van der Waals surface area contributed by atoms with Gasteiger partial charge in [-0.15, -0.1) is 12.4 Å². The van der Waals surface area contributed by atoms with Crippen molar-refractivity contribution >= 4 is 18.2 Å². The number of phenolic OH excluding ortho intramolecular Hbond substituents is 1. The molecule has 6 heteroatoms. The van der Waals surface area contributed by atoms with Gasteiger partial charge in [0.15, 0.2) is 23.4 Å². The van der Waals surface area contributed by atoms with E-state index in [0.29, 0.717) is 30.7 Å². The number of phenols is 1. The van der Waals surface area contributed by atoms with Crippen molar-refractivity contribution in [2.75, 3.05) is 13.1 Å². The van der Waals surface area contributed by atoms with Crippen LogP contribution in [-0.2, 0) is 23.2 Å². The normalized spacial score (nSPS) is 28.3. The van der Waals surface area contributed by atoms with Gasteiger partial charge in [0.05, 0.1) is 0 Å². The Hall–Kier alpha value is -3.02. The predicted molar refractivity (Wildman–Crippen MR) is 152 cm³/mol. The molecule has 4 atom stereocenters. The number of hydrogen-bond acceptors (Lipinski definition) is 5. The lowest BCUT2D eigenvalue weighted by molar-refractivity contribution is -0.138. The summed E-state index contributed by atoms with van der Waals surface area (Å²) in [6.07, 6.45) is 5.51. The van der Waals surface area contributed by atoms with Gasteiger partial charge >= 0.3 is 0 Å². The zero-order chi connectivity index (χ0) is 25.4. The van der Waals surface area contributed by atoms with Gasteiger partial charge in [-0.05, 0) is 67.2 Å². The molecule has 2 heterocycles. The molecule has 0 radical (unpaired) electrons. The Labute approximate surface area is 235 Å². The van der Waals surface area contributed by atoms with Gasteiger partial charge in [0.1, 0.15) is 12.4 Å². The first-order valence-corrected chi connectivity index (χ1v) is 14.2. The molecule has 3 aromatic carbocycles. The van der Waals surface area contributed by atoms with E-state index in [9.17, 15) is 9.90 Å². The highest BCUT2D eigenvalue weighted by Gasteiger charge is 2.66. The number of ketones is 1. The van der Waals surface area contributed by atoms with Gasteiger partial charge in [0.2, 0.25) is 0 Å². The Morgan fingerprint density at radius 2 is 1.85 bits per heavy atom. The highest BCUT2D eigenvalue weighted by molar-refractivity contribution is 5.89. The van der Waals surface area contributed by atoms with Gasteiger partial charge in [-0.2, -0.15) is 0 Å². The number of ether oxygens (including phenoxy) is 2. The molecular weight excluding hydrogens is 510 g/mol. The van der Waals surface area contributed by atoms with Crippen molar-refractivity contribution in [3.8, 4) is 28.4 Å². The van der Waals surface area contributed by atoms with Crippen molar-refractivity contribution in [2.24, 2.45) is 11.8 Å². The standard InChI is InChI=1S/C33H33NO4.ClH/c35-27-13-12-25-26-16-24-29(37-19-22-8-4-5-9-23(22)21-6-2-1-3-7-21)17-28(36)31-30(24)33(25,32(27)38-31)14-15-34(26)18-20-10-11-20;/h1-9,17,20,25-26,32,36H,10-16,18-19H2;1H/t25-,26+,32-,33-;/m0./s1. The summed E-state index contributed by atoms with van der Waals surface area (Å²) in [4.78, 5) is 15.9. The number of rotatable bonds is 6.